The van der Waals surface area contributed by atoms with Gasteiger partial charge in [0.25, 0.3) is 5.66 Å². The maximum atomic E-state index is 14.4. The summed E-state index contributed by atoms with van der Waals surface area (Å²) in [6.45, 7) is 3.01. The summed E-state index contributed by atoms with van der Waals surface area (Å²) in [6, 6.07) is 7.45. The molecule has 2 aromatic carbocycles. The number of ether oxygens (including phenoxy) is 1. The molecule has 32 heavy (non-hydrogen) atoms. The van der Waals surface area contributed by atoms with Crippen LogP contribution in [0, 0.1) is 12.7 Å². The quantitative estimate of drug-likeness (QED) is 0.245. The zero-order valence-corrected chi connectivity index (χ0v) is 20.2. The van der Waals surface area contributed by atoms with Crippen LogP contribution in [0.1, 0.15) is 34.7 Å². The topological polar surface area (TPSA) is 69.5 Å². The van der Waals surface area contributed by atoms with E-state index in [1.807, 2.05) is 0 Å². The van der Waals surface area contributed by atoms with E-state index in [-0.39, 0.29) is 28.9 Å². The fourth-order valence-electron chi connectivity index (χ4n) is 3.05. The summed E-state index contributed by atoms with van der Waals surface area (Å²) in [6.07, 6.45) is 0. The van der Waals surface area contributed by atoms with Gasteiger partial charge in [-0.3, -0.25) is 0 Å². The van der Waals surface area contributed by atoms with Gasteiger partial charge >= 0.3 is 5.97 Å². The van der Waals surface area contributed by atoms with Crippen molar-refractivity contribution in [1.82, 2.24) is 0 Å². The second-order valence-electron chi connectivity index (χ2n) is 6.67. The lowest BCUT2D eigenvalue weighted by molar-refractivity contribution is -0.132. The number of hydrogen-bond donors (Lipinski definition) is 0. The van der Waals surface area contributed by atoms with E-state index in [0.29, 0.717) is 11.1 Å². The molecular weight excluding hydrogens is 463 g/mol. The lowest BCUT2D eigenvalue weighted by Crippen LogP contribution is -2.21. The second-order valence-corrected chi connectivity index (χ2v) is 8.02. The van der Waals surface area contributed by atoms with Gasteiger partial charge in [-0.15, -0.1) is 9.24 Å². The molecule has 2 aromatic rings. The molecule has 0 aliphatic carbocycles. The molecule has 0 saturated heterocycles. The Bertz CT molecular complexity index is 1070. The normalized spacial score (nSPS) is 12.5. The molecule has 0 amide bonds. The number of rotatable bonds is 8. The first kappa shape index (κ1) is 25.8. The third-order valence-electron chi connectivity index (χ3n) is 4.52. The van der Waals surface area contributed by atoms with Crippen molar-refractivity contribution in [2.45, 2.75) is 26.1 Å². The molecule has 2 unspecified atom stereocenters. The Hall–Kier alpha value is -2.50. The van der Waals surface area contributed by atoms with Crippen molar-refractivity contribution in [2.75, 3.05) is 14.2 Å². The number of alkyl halides is 2. The molecule has 0 aliphatic heterocycles. The number of oxime groups is 2. The number of hydrogen-bond acceptors (Lipinski definition) is 6. The molecule has 2 atom stereocenters. The second kappa shape index (κ2) is 10.9. The van der Waals surface area contributed by atoms with Crippen LogP contribution < -0.4 is 5.30 Å². The number of carbonyl (C=O) groups excluding carboxylic acids is 1. The van der Waals surface area contributed by atoms with Crippen molar-refractivity contribution < 1.29 is 32.4 Å². The standard InChI is InChI=1S/C21H23F3N2O4P2/c1-11-6-5-7-13(19(26-29-4)20(27)28-3)14(11)10-30-25-12(2)17-15(22)8-9-16(31)18(17)21(23,24)32/h5-9H,10,31-32H2,1-4H3/b25-12+,26-19+. The highest BCUT2D eigenvalue weighted by atomic mass is 31.0. The molecule has 172 valence electrons. The van der Waals surface area contributed by atoms with Crippen LogP contribution in [0.2, 0.25) is 0 Å². The molecule has 0 fully saturated rings. The Kier molecular flexibility index (Phi) is 8.76. The summed E-state index contributed by atoms with van der Waals surface area (Å²) in [5.74, 6) is -1.57. The number of carbonyl (C=O) groups is 1. The van der Waals surface area contributed by atoms with Gasteiger partial charge in [0, 0.05) is 22.3 Å². The fourth-order valence-corrected chi connectivity index (χ4v) is 3.96. The zero-order valence-electron chi connectivity index (χ0n) is 17.9. The minimum atomic E-state index is -3.37. The van der Waals surface area contributed by atoms with Crippen LogP contribution in [0.3, 0.4) is 0 Å². The molecule has 0 spiro atoms. The van der Waals surface area contributed by atoms with Crippen LogP contribution >= 0.6 is 18.5 Å². The summed E-state index contributed by atoms with van der Waals surface area (Å²) < 4.78 is 47.4. The number of nitrogens with zero attached hydrogens (tertiary/aromatic N) is 2. The van der Waals surface area contributed by atoms with Crippen LogP contribution in [0.25, 0.3) is 0 Å². The van der Waals surface area contributed by atoms with Crippen LogP contribution in [-0.2, 0) is 31.5 Å². The van der Waals surface area contributed by atoms with Gasteiger partial charge in [-0.05, 0) is 30.8 Å². The minimum absolute atomic E-state index is 0.0715. The Labute approximate surface area is 188 Å². The Morgan fingerprint density at radius 3 is 2.44 bits per heavy atom. The van der Waals surface area contributed by atoms with Gasteiger partial charge in [-0.2, -0.15) is 8.78 Å². The van der Waals surface area contributed by atoms with Gasteiger partial charge in [-0.25, -0.2) is 9.18 Å². The maximum absolute atomic E-state index is 14.4. The van der Waals surface area contributed by atoms with Crippen molar-refractivity contribution >= 4 is 41.2 Å². The average Bonchev–Trinajstić information content (AvgIpc) is 2.73. The summed E-state index contributed by atoms with van der Waals surface area (Å²) in [5.41, 5.74) is -2.71. The van der Waals surface area contributed by atoms with Crippen LogP contribution in [0.15, 0.2) is 40.6 Å². The van der Waals surface area contributed by atoms with Gasteiger partial charge in [-0.1, -0.05) is 43.8 Å². The van der Waals surface area contributed by atoms with Gasteiger partial charge in [0.05, 0.1) is 12.8 Å². The van der Waals surface area contributed by atoms with E-state index in [2.05, 4.69) is 19.6 Å². The largest absolute Gasteiger partial charge is 0.464 e. The summed E-state index contributed by atoms with van der Waals surface area (Å²) in [7, 11) is 6.06. The van der Waals surface area contributed by atoms with Crippen LogP contribution in [0.5, 0.6) is 0 Å². The maximum Gasteiger partial charge on any atom is 0.360 e. The van der Waals surface area contributed by atoms with E-state index in [1.54, 1.807) is 25.1 Å². The number of halogens is 3. The lowest BCUT2D eigenvalue weighted by Gasteiger charge is -2.19. The molecular formula is C21H23F3N2O4P2. The van der Waals surface area contributed by atoms with Gasteiger partial charge in [0.1, 0.15) is 19.5 Å². The summed E-state index contributed by atoms with van der Waals surface area (Å²) in [5, 5.41) is 7.72. The molecule has 2 rings (SSSR count). The number of aryl methyl sites for hydroxylation is 1. The predicted octanol–water partition coefficient (Wildman–Crippen LogP) is 4.02. The molecule has 11 heteroatoms. The zero-order chi connectivity index (χ0) is 24.1. The molecule has 0 radical (unpaired) electrons. The molecule has 0 saturated carbocycles. The SMILES string of the molecule is CO/N=C(/C(=O)OC)c1cccc(C)c1CO/N=C(\C)c1c(F)ccc(P)c1C(F)(F)P. The van der Waals surface area contributed by atoms with Crippen LogP contribution in [-0.4, -0.2) is 31.6 Å². The predicted molar refractivity (Wildman–Crippen MR) is 123 cm³/mol. The van der Waals surface area contributed by atoms with E-state index in [1.165, 1.54) is 36.4 Å². The third kappa shape index (κ3) is 5.84. The Morgan fingerprint density at radius 1 is 1.16 bits per heavy atom. The molecule has 0 aliphatic rings. The van der Waals surface area contributed by atoms with Crippen LogP contribution in [0.4, 0.5) is 13.2 Å². The molecule has 6 nitrogen and oxygen atoms in total. The van der Waals surface area contributed by atoms with E-state index < -0.39 is 23.0 Å². The first-order valence-corrected chi connectivity index (χ1v) is 10.4. The first-order chi connectivity index (χ1) is 15.0. The van der Waals surface area contributed by atoms with Crippen molar-refractivity contribution in [1.29, 1.82) is 0 Å². The van der Waals surface area contributed by atoms with Gasteiger partial charge in [0.2, 0.25) is 0 Å². The van der Waals surface area contributed by atoms with E-state index in [4.69, 9.17) is 14.4 Å². The highest BCUT2D eigenvalue weighted by molar-refractivity contribution is 7.28. The van der Waals surface area contributed by atoms with E-state index in [0.717, 1.165) is 11.6 Å². The Morgan fingerprint density at radius 2 is 1.84 bits per heavy atom. The first-order valence-electron chi connectivity index (χ1n) is 9.23. The monoisotopic (exact) mass is 486 g/mol. The molecule has 0 aromatic heterocycles. The van der Waals surface area contributed by atoms with Gasteiger partial charge < -0.3 is 14.4 Å². The van der Waals surface area contributed by atoms with Crippen molar-refractivity contribution in [3.8, 4) is 0 Å². The summed E-state index contributed by atoms with van der Waals surface area (Å²) in [4.78, 5) is 22.2. The third-order valence-corrected chi connectivity index (χ3v) is 5.29. The fraction of sp³-hybridized carbons (Fsp3) is 0.286. The van der Waals surface area contributed by atoms with Gasteiger partial charge in [0.15, 0.2) is 5.71 Å². The highest BCUT2D eigenvalue weighted by Gasteiger charge is 2.32. The highest BCUT2D eigenvalue weighted by Crippen LogP contribution is 2.37. The smallest absolute Gasteiger partial charge is 0.360 e. The van der Waals surface area contributed by atoms with E-state index in [9.17, 15) is 18.0 Å². The molecule has 0 heterocycles. The van der Waals surface area contributed by atoms with Crippen molar-refractivity contribution in [3.63, 3.8) is 0 Å². The average molecular weight is 486 g/mol. The molecule has 0 bridgehead atoms. The lowest BCUT2D eigenvalue weighted by atomic mass is 9.99. The summed E-state index contributed by atoms with van der Waals surface area (Å²) >= 11 is 0. The van der Waals surface area contributed by atoms with Crippen molar-refractivity contribution in [2.24, 2.45) is 10.3 Å². The Balaban J connectivity index is 2.43. The number of benzene rings is 2. The number of esters is 1. The molecule has 0 N–H and O–H groups in total. The number of methoxy groups -OCH3 is 1. The van der Waals surface area contributed by atoms with Crippen molar-refractivity contribution in [3.05, 3.63) is 64.0 Å². The van der Waals surface area contributed by atoms with E-state index >= 15 is 0 Å². The minimum Gasteiger partial charge on any atom is -0.464 e.